The predicted octanol–water partition coefficient (Wildman–Crippen LogP) is 3.14. The van der Waals surface area contributed by atoms with Crippen molar-refractivity contribution in [1.82, 2.24) is 0 Å². The highest BCUT2D eigenvalue weighted by Gasteiger charge is 2.17. The largest absolute Gasteiger partial charge is 0.492 e. The Morgan fingerprint density at radius 2 is 2.06 bits per heavy atom. The fraction of sp³-hybridized carbons (Fsp3) is 0.538. The second-order valence-corrected chi connectivity index (χ2v) is 5.30. The Labute approximate surface area is 111 Å². The van der Waals surface area contributed by atoms with E-state index in [1.54, 1.807) is 7.11 Å². The molecule has 0 aromatic heterocycles. The van der Waals surface area contributed by atoms with Gasteiger partial charge in [0, 0.05) is 19.1 Å². The zero-order valence-corrected chi connectivity index (χ0v) is 12.1. The molecule has 1 N–H and O–H groups in total. The van der Waals surface area contributed by atoms with Gasteiger partial charge in [0.05, 0.1) is 23.3 Å². The first kappa shape index (κ1) is 14.5. The third-order valence-electron chi connectivity index (χ3n) is 2.72. The lowest BCUT2D eigenvalue weighted by Gasteiger charge is -2.23. The molecule has 0 atom stereocenters. The van der Waals surface area contributed by atoms with Gasteiger partial charge in [-0.25, -0.2) is 0 Å². The van der Waals surface area contributed by atoms with Gasteiger partial charge in [-0.05, 0) is 35.8 Å². The van der Waals surface area contributed by atoms with Crippen LogP contribution in [0, 0.1) is 0 Å². The first-order valence-corrected chi connectivity index (χ1v) is 6.35. The smallest absolute Gasteiger partial charge is 0.138 e. The van der Waals surface area contributed by atoms with Crippen LogP contribution in [-0.2, 0) is 11.3 Å². The molecule has 0 aliphatic heterocycles. The Morgan fingerprint density at radius 1 is 1.35 bits per heavy atom. The molecule has 96 valence electrons. The number of halogens is 1. The summed E-state index contributed by atoms with van der Waals surface area (Å²) in [6.45, 7) is 4.56. The van der Waals surface area contributed by atoms with E-state index in [2.05, 4.69) is 15.9 Å². The molecule has 0 saturated heterocycles. The van der Waals surface area contributed by atoms with Crippen molar-refractivity contribution in [2.24, 2.45) is 0 Å². The summed E-state index contributed by atoms with van der Waals surface area (Å²) in [6, 6.07) is 5.62. The van der Waals surface area contributed by atoms with Crippen LogP contribution in [0.15, 0.2) is 22.7 Å². The highest BCUT2D eigenvalue weighted by molar-refractivity contribution is 9.10. The molecule has 1 aromatic carbocycles. The normalized spacial score (nSPS) is 11.6. The maximum Gasteiger partial charge on any atom is 0.138 e. The standard InChI is InChI=1S/C13H19BrO3/c1-13(2,16-3)7-8-17-12-10(9-15)5-4-6-11(12)14/h4-6,15H,7-9H2,1-3H3. The zero-order chi connectivity index (χ0) is 12.9. The van der Waals surface area contributed by atoms with Gasteiger partial charge in [0.25, 0.3) is 0 Å². The minimum Gasteiger partial charge on any atom is -0.492 e. The third-order valence-corrected chi connectivity index (χ3v) is 3.35. The lowest BCUT2D eigenvalue weighted by atomic mass is 10.1. The van der Waals surface area contributed by atoms with Crippen LogP contribution in [0.2, 0.25) is 0 Å². The Balaban J connectivity index is 2.63. The lowest BCUT2D eigenvalue weighted by molar-refractivity contribution is 0.00524. The lowest BCUT2D eigenvalue weighted by Crippen LogP contribution is -2.25. The molecule has 0 unspecified atom stereocenters. The van der Waals surface area contributed by atoms with E-state index in [1.807, 2.05) is 32.0 Å². The fourth-order valence-electron chi connectivity index (χ4n) is 1.34. The van der Waals surface area contributed by atoms with Gasteiger partial charge in [-0.1, -0.05) is 12.1 Å². The summed E-state index contributed by atoms with van der Waals surface area (Å²) in [5, 5.41) is 9.22. The first-order valence-electron chi connectivity index (χ1n) is 5.56. The summed E-state index contributed by atoms with van der Waals surface area (Å²) in [6.07, 6.45) is 0.787. The first-order chi connectivity index (χ1) is 8.00. The summed E-state index contributed by atoms with van der Waals surface area (Å²) in [4.78, 5) is 0. The molecular weight excluding hydrogens is 284 g/mol. The van der Waals surface area contributed by atoms with Crippen molar-refractivity contribution in [2.75, 3.05) is 13.7 Å². The molecular formula is C13H19BrO3. The number of para-hydroxylation sites is 1. The topological polar surface area (TPSA) is 38.7 Å². The predicted molar refractivity (Wildman–Crippen MR) is 71.3 cm³/mol. The van der Waals surface area contributed by atoms with E-state index in [1.165, 1.54) is 0 Å². The molecule has 4 heteroatoms. The average Bonchev–Trinajstić information content (AvgIpc) is 2.31. The van der Waals surface area contributed by atoms with Crippen LogP contribution in [0.5, 0.6) is 5.75 Å². The maximum atomic E-state index is 9.22. The van der Waals surface area contributed by atoms with Crippen molar-refractivity contribution in [3.8, 4) is 5.75 Å². The van der Waals surface area contributed by atoms with Crippen LogP contribution < -0.4 is 4.74 Å². The third kappa shape index (κ3) is 4.30. The molecule has 17 heavy (non-hydrogen) atoms. The molecule has 3 nitrogen and oxygen atoms in total. The molecule has 0 bridgehead atoms. The summed E-state index contributed by atoms with van der Waals surface area (Å²) in [5.41, 5.74) is 0.593. The van der Waals surface area contributed by atoms with Crippen molar-refractivity contribution in [3.63, 3.8) is 0 Å². The van der Waals surface area contributed by atoms with Crippen LogP contribution >= 0.6 is 15.9 Å². The van der Waals surface area contributed by atoms with E-state index in [9.17, 15) is 5.11 Å². The van der Waals surface area contributed by atoms with Gasteiger partial charge < -0.3 is 14.6 Å². The SMILES string of the molecule is COC(C)(C)CCOc1c(Br)cccc1CO. The molecule has 0 radical (unpaired) electrons. The Bertz CT molecular complexity index is 364. The van der Waals surface area contributed by atoms with Crippen LogP contribution in [0.1, 0.15) is 25.8 Å². The highest BCUT2D eigenvalue weighted by Crippen LogP contribution is 2.29. The Kier molecular flexibility index (Phi) is 5.43. The molecule has 0 spiro atoms. The van der Waals surface area contributed by atoms with Gasteiger partial charge in [0.1, 0.15) is 5.75 Å². The molecule has 0 heterocycles. The summed E-state index contributed by atoms with van der Waals surface area (Å²) < 4.78 is 11.9. The van der Waals surface area contributed by atoms with Crippen molar-refractivity contribution in [3.05, 3.63) is 28.2 Å². The van der Waals surface area contributed by atoms with E-state index in [0.29, 0.717) is 12.4 Å². The second-order valence-electron chi connectivity index (χ2n) is 4.45. The summed E-state index contributed by atoms with van der Waals surface area (Å²) >= 11 is 3.42. The van der Waals surface area contributed by atoms with Gasteiger partial charge in [0.15, 0.2) is 0 Å². The Hall–Kier alpha value is -0.580. The molecule has 0 aliphatic carbocycles. The number of rotatable bonds is 6. The minimum absolute atomic E-state index is 0.0254. The number of hydrogen-bond acceptors (Lipinski definition) is 3. The van der Waals surface area contributed by atoms with E-state index >= 15 is 0 Å². The van der Waals surface area contributed by atoms with Crippen molar-refractivity contribution in [1.29, 1.82) is 0 Å². The molecule has 0 amide bonds. The maximum absolute atomic E-state index is 9.22. The quantitative estimate of drug-likeness (QED) is 0.877. The summed E-state index contributed by atoms with van der Waals surface area (Å²) in [7, 11) is 1.69. The number of aliphatic hydroxyl groups is 1. The fourth-order valence-corrected chi connectivity index (χ4v) is 1.86. The zero-order valence-electron chi connectivity index (χ0n) is 10.5. The molecule has 1 aromatic rings. The van der Waals surface area contributed by atoms with Crippen molar-refractivity contribution in [2.45, 2.75) is 32.5 Å². The van der Waals surface area contributed by atoms with E-state index < -0.39 is 0 Å². The van der Waals surface area contributed by atoms with Gasteiger partial charge >= 0.3 is 0 Å². The van der Waals surface area contributed by atoms with Gasteiger partial charge in [-0.2, -0.15) is 0 Å². The number of benzene rings is 1. The van der Waals surface area contributed by atoms with Crippen LogP contribution in [0.25, 0.3) is 0 Å². The van der Waals surface area contributed by atoms with Gasteiger partial charge in [-0.3, -0.25) is 0 Å². The van der Waals surface area contributed by atoms with Crippen LogP contribution in [0.3, 0.4) is 0 Å². The van der Waals surface area contributed by atoms with E-state index in [-0.39, 0.29) is 12.2 Å². The van der Waals surface area contributed by atoms with Crippen molar-refractivity contribution >= 4 is 15.9 Å². The number of methoxy groups -OCH3 is 1. The van der Waals surface area contributed by atoms with E-state index in [4.69, 9.17) is 9.47 Å². The van der Waals surface area contributed by atoms with Gasteiger partial charge in [-0.15, -0.1) is 0 Å². The van der Waals surface area contributed by atoms with Crippen LogP contribution in [-0.4, -0.2) is 24.4 Å². The monoisotopic (exact) mass is 302 g/mol. The van der Waals surface area contributed by atoms with E-state index in [0.717, 1.165) is 16.5 Å². The Morgan fingerprint density at radius 3 is 2.65 bits per heavy atom. The molecule has 0 saturated carbocycles. The number of aliphatic hydroxyl groups excluding tert-OH is 1. The molecule has 0 aliphatic rings. The minimum atomic E-state index is -0.194. The number of ether oxygens (including phenoxy) is 2. The molecule has 0 fully saturated rings. The summed E-state index contributed by atoms with van der Waals surface area (Å²) in [5.74, 6) is 0.710. The molecule has 1 rings (SSSR count). The van der Waals surface area contributed by atoms with Crippen molar-refractivity contribution < 1.29 is 14.6 Å². The second kappa shape index (κ2) is 6.38. The number of hydrogen-bond donors (Lipinski definition) is 1. The van der Waals surface area contributed by atoms with Gasteiger partial charge in [0.2, 0.25) is 0 Å². The average molecular weight is 303 g/mol. The highest BCUT2D eigenvalue weighted by atomic mass is 79.9. The van der Waals surface area contributed by atoms with Crippen LogP contribution in [0.4, 0.5) is 0 Å².